The fourth-order valence-corrected chi connectivity index (χ4v) is 5.24. The molecule has 0 bridgehead atoms. The van der Waals surface area contributed by atoms with Crippen molar-refractivity contribution in [1.82, 2.24) is 0 Å². The Morgan fingerprint density at radius 3 is 2.00 bits per heavy atom. The van der Waals surface area contributed by atoms with Crippen molar-refractivity contribution < 1.29 is 26.7 Å². The Morgan fingerprint density at radius 2 is 1.41 bits per heavy atom. The standard InChI is InChI=1S/C31H33F5O/c1-3-4-5-6-21-7-9-22(10-8-21)23-11-13-24(14-12-23)25-15-17-26(18-16-25)31(35,36)37-28-19-27(32)30(34)29(33)20(28)2/h11-19,21-22H,3-10H2,1-2H3. The lowest BCUT2D eigenvalue weighted by Crippen LogP contribution is -2.22. The molecule has 0 spiro atoms. The molecule has 1 aliphatic rings. The van der Waals surface area contributed by atoms with Gasteiger partial charge in [0, 0.05) is 11.6 Å². The van der Waals surface area contributed by atoms with E-state index in [4.69, 9.17) is 0 Å². The van der Waals surface area contributed by atoms with E-state index in [1.54, 1.807) is 12.1 Å². The molecule has 1 aliphatic carbocycles. The molecule has 1 nitrogen and oxygen atoms in total. The van der Waals surface area contributed by atoms with Crippen LogP contribution in [0.3, 0.4) is 0 Å². The van der Waals surface area contributed by atoms with Gasteiger partial charge in [-0.05, 0) is 73.3 Å². The second kappa shape index (κ2) is 11.7. The van der Waals surface area contributed by atoms with Crippen LogP contribution in [0.2, 0.25) is 0 Å². The zero-order valence-electron chi connectivity index (χ0n) is 21.3. The van der Waals surface area contributed by atoms with E-state index < -0.39 is 40.4 Å². The summed E-state index contributed by atoms with van der Waals surface area (Å²) in [5, 5.41) is 0. The Hall–Kier alpha value is -2.89. The summed E-state index contributed by atoms with van der Waals surface area (Å²) < 4.78 is 74.7. The molecule has 3 aromatic carbocycles. The van der Waals surface area contributed by atoms with E-state index in [-0.39, 0.29) is 0 Å². The molecule has 1 fully saturated rings. The topological polar surface area (TPSA) is 9.23 Å². The minimum atomic E-state index is -3.86. The Balaban J connectivity index is 1.40. The molecular formula is C31H33F5O. The second-order valence-electron chi connectivity index (χ2n) is 10.1. The average Bonchev–Trinajstić information content (AvgIpc) is 2.91. The molecule has 37 heavy (non-hydrogen) atoms. The minimum Gasteiger partial charge on any atom is -0.428 e. The van der Waals surface area contributed by atoms with Crippen LogP contribution in [0.15, 0.2) is 54.6 Å². The van der Waals surface area contributed by atoms with Crippen LogP contribution in [0.25, 0.3) is 11.1 Å². The molecular weight excluding hydrogens is 483 g/mol. The molecule has 1 saturated carbocycles. The van der Waals surface area contributed by atoms with Crippen LogP contribution in [0.1, 0.15) is 80.9 Å². The SMILES string of the molecule is CCCCCC1CCC(c2ccc(-c3ccc(C(F)(F)Oc4cc(F)c(F)c(F)c4C)cc3)cc2)CC1. The summed E-state index contributed by atoms with van der Waals surface area (Å²) >= 11 is 0. The highest BCUT2D eigenvalue weighted by Gasteiger charge is 2.36. The summed E-state index contributed by atoms with van der Waals surface area (Å²) in [6.07, 6.45) is 6.38. The summed E-state index contributed by atoms with van der Waals surface area (Å²) in [5.74, 6) is -4.20. The van der Waals surface area contributed by atoms with E-state index in [2.05, 4.69) is 23.8 Å². The summed E-state index contributed by atoms with van der Waals surface area (Å²) in [6, 6.07) is 14.3. The molecule has 0 aromatic heterocycles. The molecule has 0 N–H and O–H groups in total. The first-order valence-electron chi connectivity index (χ1n) is 13.1. The van der Waals surface area contributed by atoms with Gasteiger partial charge in [-0.15, -0.1) is 0 Å². The zero-order valence-corrected chi connectivity index (χ0v) is 21.3. The highest BCUT2D eigenvalue weighted by atomic mass is 19.3. The quantitative estimate of drug-likeness (QED) is 0.156. The van der Waals surface area contributed by atoms with Gasteiger partial charge in [-0.2, -0.15) is 8.78 Å². The molecule has 198 valence electrons. The van der Waals surface area contributed by atoms with Crippen LogP contribution in [0.4, 0.5) is 22.0 Å². The van der Waals surface area contributed by atoms with Crippen LogP contribution in [0, 0.1) is 30.3 Å². The van der Waals surface area contributed by atoms with Crippen LogP contribution < -0.4 is 4.74 Å². The third kappa shape index (κ3) is 6.34. The maximum atomic E-state index is 14.7. The van der Waals surface area contributed by atoms with Gasteiger partial charge in [-0.25, -0.2) is 13.2 Å². The van der Waals surface area contributed by atoms with Crippen LogP contribution >= 0.6 is 0 Å². The fourth-order valence-electron chi connectivity index (χ4n) is 5.24. The largest absolute Gasteiger partial charge is 0.428 e. The maximum absolute atomic E-state index is 14.7. The lowest BCUT2D eigenvalue weighted by Gasteiger charge is -2.29. The monoisotopic (exact) mass is 516 g/mol. The normalized spacial score (nSPS) is 18.1. The number of rotatable bonds is 9. The molecule has 0 saturated heterocycles. The molecule has 0 heterocycles. The summed E-state index contributed by atoms with van der Waals surface area (Å²) in [6.45, 7) is 3.29. The number of hydrogen-bond acceptors (Lipinski definition) is 1. The van der Waals surface area contributed by atoms with Gasteiger partial charge in [-0.3, -0.25) is 0 Å². The number of unbranched alkanes of at least 4 members (excludes halogenated alkanes) is 2. The summed E-state index contributed by atoms with van der Waals surface area (Å²) in [7, 11) is 0. The van der Waals surface area contributed by atoms with Gasteiger partial charge >= 0.3 is 6.11 Å². The highest BCUT2D eigenvalue weighted by Crippen LogP contribution is 2.39. The molecule has 0 amide bonds. The summed E-state index contributed by atoms with van der Waals surface area (Å²) in [5.41, 5.74) is 1.99. The van der Waals surface area contributed by atoms with Gasteiger partial charge in [0.05, 0.1) is 5.56 Å². The van der Waals surface area contributed by atoms with Crippen molar-refractivity contribution in [3.63, 3.8) is 0 Å². The van der Waals surface area contributed by atoms with Crippen molar-refractivity contribution in [2.45, 2.75) is 77.2 Å². The van der Waals surface area contributed by atoms with E-state index >= 15 is 0 Å². The van der Waals surface area contributed by atoms with Crippen molar-refractivity contribution in [2.75, 3.05) is 0 Å². The lowest BCUT2D eigenvalue weighted by atomic mass is 9.77. The van der Waals surface area contributed by atoms with Gasteiger partial charge in [0.2, 0.25) is 0 Å². The predicted octanol–water partition coefficient (Wildman–Crippen LogP) is 10.1. The van der Waals surface area contributed by atoms with Gasteiger partial charge in [0.25, 0.3) is 0 Å². The fraction of sp³-hybridized carbons (Fsp3) is 0.419. The molecule has 0 aliphatic heterocycles. The zero-order chi connectivity index (χ0) is 26.6. The van der Waals surface area contributed by atoms with E-state index in [9.17, 15) is 22.0 Å². The first kappa shape index (κ1) is 27.2. The van der Waals surface area contributed by atoms with Crippen molar-refractivity contribution in [1.29, 1.82) is 0 Å². The van der Waals surface area contributed by atoms with E-state index in [1.165, 1.54) is 69.1 Å². The summed E-state index contributed by atoms with van der Waals surface area (Å²) in [4.78, 5) is 0. The van der Waals surface area contributed by atoms with Crippen LogP contribution in [-0.2, 0) is 6.11 Å². The van der Waals surface area contributed by atoms with Crippen molar-refractivity contribution in [3.8, 4) is 16.9 Å². The molecule has 0 unspecified atom stereocenters. The van der Waals surface area contributed by atoms with Gasteiger partial charge in [0.1, 0.15) is 5.75 Å². The Labute approximate surface area is 215 Å². The third-order valence-electron chi connectivity index (χ3n) is 7.60. The molecule has 6 heteroatoms. The molecule has 3 aromatic rings. The van der Waals surface area contributed by atoms with Crippen molar-refractivity contribution in [2.24, 2.45) is 5.92 Å². The average molecular weight is 517 g/mol. The molecule has 4 rings (SSSR count). The Kier molecular flexibility index (Phi) is 8.56. The number of benzene rings is 3. The molecule has 0 radical (unpaired) electrons. The number of hydrogen-bond donors (Lipinski definition) is 0. The van der Waals surface area contributed by atoms with E-state index in [0.717, 1.165) is 24.0 Å². The van der Waals surface area contributed by atoms with Crippen molar-refractivity contribution in [3.05, 3.63) is 88.7 Å². The van der Waals surface area contributed by atoms with E-state index in [0.29, 0.717) is 12.0 Å². The van der Waals surface area contributed by atoms with Gasteiger partial charge in [0.15, 0.2) is 17.5 Å². The number of halogens is 5. The second-order valence-corrected chi connectivity index (χ2v) is 10.1. The smallest absolute Gasteiger partial charge is 0.426 e. The third-order valence-corrected chi connectivity index (χ3v) is 7.60. The van der Waals surface area contributed by atoms with Gasteiger partial charge < -0.3 is 4.74 Å². The predicted molar refractivity (Wildman–Crippen MR) is 136 cm³/mol. The number of ether oxygens (including phenoxy) is 1. The first-order chi connectivity index (χ1) is 17.7. The first-order valence-corrected chi connectivity index (χ1v) is 13.1. The highest BCUT2D eigenvalue weighted by molar-refractivity contribution is 5.64. The van der Waals surface area contributed by atoms with Crippen LogP contribution in [-0.4, -0.2) is 0 Å². The van der Waals surface area contributed by atoms with Gasteiger partial charge in [-0.1, -0.05) is 69.0 Å². The van der Waals surface area contributed by atoms with Crippen molar-refractivity contribution >= 4 is 0 Å². The minimum absolute atomic E-state index is 0.427. The maximum Gasteiger partial charge on any atom is 0.426 e. The van der Waals surface area contributed by atoms with Crippen LogP contribution in [0.5, 0.6) is 5.75 Å². The Bertz CT molecular complexity index is 1180. The Morgan fingerprint density at radius 1 is 0.811 bits per heavy atom. The molecule has 0 atom stereocenters. The number of alkyl halides is 2. The lowest BCUT2D eigenvalue weighted by molar-refractivity contribution is -0.186. The van der Waals surface area contributed by atoms with E-state index in [1.807, 2.05) is 12.1 Å².